The fraction of sp³-hybridized carbons (Fsp3) is 1.00. The van der Waals surface area contributed by atoms with Gasteiger partial charge in [-0.05, 0) is 39.5 Å². The summed E-state index contributed by atoms with van der Waals surface area (Å²) in [6, 6.07) is 1.86. The summed E-state index contributed by atoms with van der Waals surface area (Å²) < 4.78 is 0. The molecule has 0 aliphatic carbocycles. The summed E-state index contributed by atoms with van der Waals surface area (Å²) in [7, 11) is 0. The molecule has 2 nitrogen and oxygen atoms in total. The first kappa shape index (κ1) is 8.52. The number of aliphatic hydroxyl groups is 1. The van der Waals surface area contributed by atoms with Crippen molar-refractivity contribution in [3.63, 3.8) is 0 Å². The molecule has 2 heteroatoms. The molecular formula is C10H19NO. The standard InChI is InChI=1S/C10H19NO/c1-7(2)11-8-3-5-9(11)10(12)6-4-8/h7-10,12H,3-6H2,1-2H3/t8-,9+,10+/m1/s1. The topological polar surface area (TPSA) is 23.5 Å². The summed E-state index contributed by atoms with van der Waals surface area (Å²) in [6.45, 7) is 4.48. The van der Waals surface area contributed by atoms with Crippen molar-refractivity contribution in [2.45, 2.75) is 63.8 Å². The van der Waals surface area contributed by atoms with Crippen molar-refractivity contribution < 1.29 is 5.11 Å². The van der Waals surface area contributed by atoms with Crippen LogP contribution in [-0.4, -0.2) is 34.2 Å². The number of hydrogen-bond acceptors (Lipinski definition) is 2. The molecule has 0 saturated carbocycles. The molecule has 1 N–H and O–H groups in total. The van der Waals surface area contributed by atoms with Gasteiger partial charge in [0.15, 0.2) is 0 Å². The Kier molecular flexibility index (Phi) is 2.13. The molecule has 2 saturated heterocycles. The van der Waals surface area contributed by atoms with Gasteiger partial charge in [-0.25, -0.2) is 0 Å². The van der Waals surface area contributed by atoms with Crippen LogP contribution in [-0.2, 0) is 0 Å². The van der Waals surface area contributed by atoms with Crippen molar-refractivity contribution in [1.29, 1.82) is 0 Å². The van der Waals surface area contributed by atoms with E-state index in [0.29, 0.717) is 12.1 Å². The number of hydrogen-bond donors (Lipinski definition) is 1. The zero-order valence-corrected chi connectivity index (χ0v) is 8.03. The Morgan fingerprint density at radius 3 is 2.42 bits per heavy atom. The van der Waals surface area contributed by atoms with E-state index in [0.717, 1.165) is 12.5 Å². The van der Waals surface area contributed by atoms with E-state index in [2.05, 4.69) is 18.7 Å². The summed E-state index contributed by atoms with van der Waals surface area (Å²) in [4.78, 5) is 2.52. The monoisotopic (exact) mass is 169 g/mol. The normalized spacial score (nSPS) is 42.5. The van der Waals surface area contributed by atoms with Crippen LogP contribution in [0.4, 0.5) is 0 Å². The second-order valence-electron chi connectivity index (χ2n) is 4.48. The van der Waals surface area contributed by atoms with Crippen LogP contribution >= 0.6 is 0 Å². The fourth-order valence-electron chi connectivity index (χ4n) is 2.98. The summed E-state index contributed by atoms with van der Waals surface area (Å²) in [5.74, 6) is 0. The molecule has 2 aliphatic rings. The van der Waals surface area contributed by atoms with Gasteiger partial charge in [-0.1, -0.05) is 0 Å². The van der Waals surface area contributed by atoms with Crippen LogP contribution in [0.3, 0.4) is 0 Å². The molecule has 0 radical (unpaired) electrons. The molecule has 0 unspecified atom stereocenters. The maximum absolute atomic E-state index is 9.77. The zero-order valence-electron chi connectivity index (χ0n) is 8.03. The quantitative estimate of drug-likeness (QED) is 0.641. The third kappa shape index (κ3) is 1.17. The van der Waals surface area contributed by atoms with Crippen LogP contribution in [0.5, 0.6) is 0 Å². The van der Waals surface area contributed by atoms with Crippen LogP contribution < -0.4 is 0 Å². The van der Waals surface area contributed by atoms with E-state index >= 15 is 0 Å². The number of rotatable bonds is 1. The molecule has 0 amide bonds. The van der Waals surface area contributed by atoms with Gasteiger partial charge in [-0.2, -0.15) is 0 Å². The molecule has 3 atom stereocenters. The van der Waals surface area contributed by atoms with Crippen LogP contribution in [0, 0.1) is 0 Å². The smallest absolute Gasteiger partial charge is 0.0696 e. The second kappa shape index (κ2) is 3.00. The van der Waals surface area contributed by atoms with Crippen molar-refractivity contribution in [3.05, 3.63) is 0 Å². The highest BCUT2D eigenvalue weighted by molar-refractivity contribution is 4.97. The Balaban J connectivity index is 2.13. The highest BCUT2D eigenvalue weighted by Gasteiger charge is 2.42. The van der Waals surface area contributed by atoms with Gasteiger partial charge >= 0.3 is 0 Å². The molecule has 70 valence electrons. The Labute approximate surface area is 74.6 Å². The molecule has 2 rings (SSSR count). The number of fused-ring (bicyclic) bond motifs is 2. The Hall–Kier alpha value is -0.0800. The molecule has 0 aromatic heterocycles. The van der Waals surface area contributed by atoms with Crippen molar-refractivity contribution in [2.24, 2.45) is 0 Å². The third-order valence-corrected chi connectivity index (χ3v) is 3.44. The molecule has 2 bridgehead atoms. The predicted molar refractivity (Wildman–Crippen MR) is 49.0 cm³/mol. The van der Waals surface area contributed by atoms with Crippen LogP contribution in [0.15, 0.2) is 0 Å². The van der Waals surface area contributed by atoms with Crippen molar-refractivity contribution in [1.82, 2.24) is 4.90 Å². The molecular weight excluding hydrogens is 150 g/mol. The second-order valence-corrected chi connectivity index (χ2v) is 4.48. The summed E-state index contributed by atoms with van der Waals surface area (Å²) in [5.41, 5.74) is 0. The molecule has 12 heavy (non-hydrogen) atoms. The van der Waals surface area contributed by atoms with E-state index in [1.54, 1.807) is 0 Å². The van der Waals surface area contributed by atoms with Crippen molar-refractivity contribution >= 4 is 0 Å². The van der Waals surface area contributed by atoms with Gasteiger partial charge in [0.1, 0.15) is 0 Å². The largest absolute Gasteiger partial charge is 0.391 e. The number of nitrogens with zero attached hydrogens (tertiary/aromatic N) is 1. The SMILES string of the molecule is CC(C)N1[C@H]2CC[C@H](O)[C@@H]1CC2. The van der Waals surface area contributed by atoms with E-state index in [9.17, 15) is 5.11 Å². The maximum atomic E-state index is 9.77. The van der Waals surface area contributed by atoms with E-state index in [1.165, 1.54) is 19.3 Å². The van der Waals surface area contributed by atoms with E-state index in [1.807, 2.05) is 0 Å². The van der Waals surface area contributed by atoms with Crippen LogP contribution in [0.25, 0.3) is 0 Å². The van der Waals surface area contributed by atoms with Crippen LogP contribution in [0.1, 0.15) is 39.5 Å². The lowest BCUT2D eigenvalue weighted by Crippen LogP contribution is -2.50. The highest BCUT2D eigenvalue weighted by atomic mass is 16.3. The minimum atomic E-state index is -0.0499. The summed E-state index contributed by atoms with van der Waals surface area (Å²) in [5, 5.41) is 9.77. The first-order valence-corrected chi connectivity index (χ1v) is 5.15. The number of aliphatic hydroxyl groups excluding tert-OH is 1. The lowest BCUT2D eigenvalue weighted by Gasteiger charge is -2.40. The average molecular weight is 169 g/mol. The summed E-state index contributed by atoms with van der Waals surface area (Å²) >= 11 is 0. The Morgan fingerprint density at radius 2 is 1.83 bits per heavy atom. The van der Waals surface area contributed by atoms with Gasteiger partial charge in [0.25, 0.3) is 0 Å². The van der Waals surface area contributed by atoms with Gasteiger partial charge < -0.3 is 5.11 Å². The molecule has 0 aromatic carbocycles. The van der Waals surface area contributed by atoms with Gasteiger partial charge in [0.05, 0.1) is 6.10 Å². The fourth-order valence-corrected chi connectivity index (χ4v) is 2.98. The van der Waals surface area contributed by atoms with Gasteiger partial charge in [0.2, 0.25) is 0 Å². The molecule has 2 fully saturated rings. The van der Waals surface area contributed by atoms with E-state index < -0.39 is 0 Å². The lowest BCUT2D eigenvalue weighted by atomic mass is 9.98. The third-order valence-electron chi connectivity index (χ3n) is 3.44. The Bertz CT molecular complexity index is 169. The highest BCUT2D eigenvalue weighted by Crippen LogP contribution is 2.36. The van der Waals surface area contributed by atoms with Crippen molar-refractivity contribution in [2.75, 3.05) is 0 Å². The lowest BCUT2D eigenvalue weighted by molar-refractivity contribution is -0.00261. The zero-order chi connectivity index (χ0) is 8.72. The molecule has 0 aromatic rings. The first-order chi connectivity index (χ1) is 5.70. The maximum Gasteiger partial charge on any atom is 0.0696 e. The van der Waals surface area contributed by atoms with Crippen LogP contribution in [0.2, 0.25) is 0 Å². The average Bonchev–Trinajstić information content (AvgIpc) is 2.35. The van der Waals surface area contributed by atoms with E-state index in [-0.39, 0.29) is 6.10 Å². The first-order valence-electron chi connectivity index (χ1n) is 5.15. The Morgan fingerprint density at radius 1 is 1.17 bits per heavy atom. The minimum Gasteiger partial charge on any atom is -0.391 e. The predicted octanol–water partition coefficient (Wildman–Crippen LogP) is 1.38. The van der Waals surface area contributed by atoms with Gasteiger partial charge in [0, 0.05) is 18.1 Å². The minimum absolute atomic E-state index is 0.0499. The molecule has 0 spiro atoms. The molecule has 2 heterocycles. The van der Waals surface area contributed by atoms with Crippen molar-refractivity contribution in [3.8, 4) is 0 Å². The van der Waals surface area contributed by atoms with Gasteiger partial charge in [-0.15, -0.1) is 0 Å². The molecule has 2 aliphatic heterocycles. The van der Waals surface area contributed by atoms with Gasteiger partial charge in [-0.3, -0.25) is 4.90 Å². The summed E-state index contributed by atoms with van der Waals surface area (Å²) in [6.07, 6.45) is 4.70. The number of piperidine rings is 1. The van der Waals surface area contributed by atoms with E-state index in [4.69, 9.17) is 0 Å².